The van der Waals surface area contributed by atoms with Crippen LogP contribution in [-0.4, -0.2) is 24.4 Å². The molecule has 4 aromatic carbocycles. The van der Waals surface area contributed by atoms with Crippen molar-refractivity contribution in [3.05, 3.63) is 120 Å². The second-order valence-electron chi connectivity index (χ2n) is 7.97. The predicted molar refractivity (Wildman–Crippen MR) is 133 cm³/mol. The summed E-state index contributed by atoms with van der Waals surface area (Å²) in [6.45, 7) is 2.21. The molecule has 33 heavy (non-hydrogen) atoms. The standard InChI is InChI=1S/C29H26N2O2/c1-21(31-29(33)27-18-14-25(15-19-27)23-10-6-3-7-11-23)20-30-28(32)26-16-12-24(13-17-26)22-8-4-2-5-9-22/h2-19,21H,20H2,1H3,(H,30,32)(H,31,33)/t21-/m1/s1. The number of amides is 2. The van der Waals surface area contributed by atoms with Crippen molar-refractivity contribution < 1.29 is 9.59 Å². The molecule has 2 amide bonds. The van der Waals surface area contributed by atoms with Crippen LogP contribution in [0.2, 0.25) is 0 Å². The van der Waals surface area contributed by atoms with E-state index in [0.717, 1.165) is 22.3 Å². The zero-order chi connectivity index (χ0) is 23.0. The first-order valence-corrected chi connectivity index (χ1v) is 11.0. The number of benzene rings is 4. The van der Waals surface area contributed by atoms with Crippen LogP contribution in [0.5, 0.6) is 0 Å². The van der Waals surface area contributed by atoms with Gasteiger partial charge < -0.3 is 10.6 Å². The van der Waals surface area contributed by atoms with E-state index in [0.29, 0.717) is 17.7 Å². The summed E-state index contributed by atoms with van der Waals surface area (Å²) in [7, 11) is 0. The maximum absolute atomic E-state index is 12.6. The lowest BCUT2D eigenvalue weighted by Gasteiger charge is -2.15. The molecule has 164 valence electrons. The highest BCUT2D eigenvalue weighted by atomic mass is 16.2. The highest BCUT2D eigenvalue weighted by molar-refractivity contribution is 5.96. The van der Waals surface area contributed by atoms with E-state index in [4.69, 9.17) is 0 Å². The normalized spacial score (nSPS) is 11.4. The summed E-state index contributed by atoms with van der Waals surface area (Å²) in [5.41, 5.74) is 5.51. The van der Waals surface area contributed by atoms with Crippen LogP contribution in [0.15, 0.2) is 109 Å². The average Bonchev–Trinajstić information content (AvgIpc) is 2.88. The molecule has 0 fully saturated rings. The van der Waals surface area contributed by atoms with Gasteiger partial charge in [-0.15, -0.1) is 0 Å². The van der Waals surface area contributed by atoms with Gasteiger partial charge in [-0.3, -0.25) is 9.59 Å². The summed E-state index contributed by atoms with van der Waals surface area (Å²) in [6.07, 6.45) is 0. The molecule has 0 aliphatic rings. The van der Waals surface area contributed by atoms with E-state index in [-0.39, 0.29) is 17.9 Å². The molecule has 1 atom stereocenters. The van der Waals surface area contributed by atoms with E-state index in [2.05, 4.69) is 10.6 Å². The fourth-order valence-electron chi connectivity index (χ4n) is 3.60. The van der Waals surface area contributed by atoms with Crippen LogP contribution in [0.1, 0.15) is 27.6 Å². The smallest absolute Gasteiger partial charge is 0.251 e. The predicted octanol–water partition coefficient (Wildman–Crippen LogP) is 5.57. The van der Waals surface area contributed by atoms with E-state index >= 15 is 0 Å². The van der Waals surface area contributed by atoms with Gasteiger partial charge in [-0.05, 0) is 53.4 Å². The lowest BCUT2D eigenvalue weighted by atomic mass is 10.0. The van der Waals surface area contributed by atoms with E-state index in [9.17, 15) is 9.59 Å². The Balaban J connectivity index is 1.28. The lowest BCUT2D eigenvalue weighted by Crippen LogP contribution is -2.41. The Kier molecular flexibility index (Phi) is 6.96. The highest BCUT2D eigenvalue weighted by Crippen LogP contribution is 2.20. The fraction of sp³-hybridized carbons (Fsp3) is 0.103. The van der Waals surface area contributed by atoms with Gasteiger partial charge in [-0.1, -0.05) is 84.9 Å². The SMILES string of the molecule is C[C@H](CNC(=O)c1ccc(-c2ccccc2)cc1)NC(=O)c1ccc(-c2ccccc2)cc1. The van der Waals surface area contributed by atoms with E-state index in [1.165, 1.54) is 0 Å². The third-order valence-corrected chi connectivity index (χ3v) is 5.45. The summed E-state index contributed by atoms with van der Waals surface area (Å²) in [6, 6.07) is 34.9. The van der Waals surface area contributed by atoms with Crippen LogP contribution in [-0.2, 0) is 0 Å². The molecule has 4 rings (SSSR count). The van der Waals surface area contributed by atoms with Crippen molar-refractivity contribution in [1.82, 2.24) is 10.6 Å². The summed E-state index contributed by atoms with van der Waals surface area (Å²) in [5.74, 6) is -0.327. The van der Waals surface area contributed by atoms with Crippen LogP contribution < -0.4 is 10.6 Å². The van der Waals surface area contributed by atoms with E-state index < -0.39 is 0 Å². The van der Waals surface area contributed by atoms with Crippen LogP contribution in [0.3, 0.4) is 0 Å². The molecule has 0 aromatic heterocycles. The molecular weight excluding hydrogens is 408 g/mol. The number of carbonyl (C=O) groups excluding carboxylic acids is 2. The van der Waals surface area contributed by atoms with Crippen molar-refractivity contribution in [2.24, 2.45) is 0 Å². The molecule has 0 saturated carbocycles. The van der Waals surface area contributed by atoms with Gasteiger partial charge in [0.1, 0.15) is 0 Å². The topological polar surface area (TPSA) is 58.2 Å². The molecular formula is C29H26N2O2. The van der Waals surface area contributed by atoms with E-state index in [1.54, 1.807) is 0 Å². The van der Waals surface area contributed by atoms with Gasteiger partial charge >= 0.3 is 0 Å². The van der Waals surface area contributed by atoms with Crippen molar-refractivity contribution in [1.29, 1.82) is 0 Å². The number of carbonyl (C=O) groups is 2. The quantitative estimate of drug-likeness (QED) is 0.400. The minimum absolute atomic E-state index is 0.163. The monoisotopic (exact) mass is 434 g/mol. The molecule has 0 heterocycles. The van der Waals surface area contributed by atoms with Gasteiger partial charge in [0, 0.05) is 23.7 Å². The maximum atomic E-state index is 12.6. The third kappa shape index (κ3) is 5.74. The van der Waals surface area contributed by atoms with Gasteiger partial charge in [-0.25, -0.2) is 0 Å². The fourth-order valence-corrected chi connectivity index (χ4v) is 3.60. The van der Waals surface area contributed by atoms with E-state index in [1.807, 2.05) is 116 Å². The van der Waals surface area contributed by atoms with Crippen molar-refractivity contribution >= 4 is 11.8 Å². The molecule has 0 bridgehead atoms. The van der Waals surface area contributed by atoms with Crippen LogP contribution in [0.4, 0.5) is 0 Å². The summed E-state index contributed by atoms with van der Waals surface area (Å²) in [5, 5.41) is 5.83. The van der Waals surface area contributed by atoms with Crippen LogP contribution in [0, 0.1) is 0 Å². The summed E-state index contributed by atoms with van der Waals surface area (Å²) in [4.78, 5) is 25.1. The zero-order valence-electron chi connectivity index (χ0n) is 18.5. The van der Waals surface area contributed by atoms with Gasteiger partial charge in [-0.2, -0.15) is 0 Å². The number of rotatable bonds is 7. The molecule has 2 N–H and O–H groups in total. The largest absolute Gasteiger partial charge is 0.350 e. The molecule has 4 heteroatoms. The van der Waals surface area contributed by atoms with Crippen molar-refractivity contribution in [2.75, 3.05) is 6.54 Å². The Bertz CT molecular complexity index is 1200. The lowest BCUT2D eigenvalue weighted by molar-refractivity contribution is 0.0912. The Morgan fingerprint density at radius 3 is 1.42 bits per heavy atom. The minimum Gasteiger partial charge on any atom is -0.350 e. The van der Waals surface area contributed by atoms with Crippen molar-refractivity contribution in [3.63, 3.8) is 0 Å². The Labute approximate surface area is 194 Å². The first kappa shape index (κ1) is 22.0. The molecule has 0 spiro atoms. The second-order valence-corrected chi connectivity index (χ2v) is 7.97. The minimum atomic E-state index is -0.209. The molecule has 0 radical (unpaired) electrons. The third-order valence-electron chi connectivity index (χ3n) is 5.45. The van der Waals surface area contributed by atoms with Gasteiger partial charge in [0.25, 0.3) is 11.8 Å². The summed E-state index contributed by atoms with van der Waals surface area (Å²) >= 11 is 0. The van der Waals surface area contributed by atoms with Crippen molar-refractivity contribution in [3.8, 4) is 22.3 Å². The first-order chi connectivity index (χ1) is 16.1. The number of hydrogen-bond donors (Lipinski definition) is 2. The van der Waals surface area contributed by atoms with Crippen LogP contribution >= 0.6 is 0 Å². The number of nitrogens with one attached hydrogen (secondary N) is 2. The van der Waals surface area contributed by atoms with Gasteiger partial charge in [0.2, 0.25) is 0 Å². The molecule has 4 nitrogen and oxygen atoms in total. The first-order valence-electron chi connectivity index (χ1n) is 11.0. The van der Waals surface area contributed by atoms with Crippen molar-refractivity contribution in [2.45, 2.75) is 13.0 Å². The maximum Gasteiger partial charge on any atom is 0.251 e. The molecule has 0 aliphatic heterocycles. The Morgan fingerprint density at radius 1 is 0.576 bits per heavy atom. The van der Waals surface area contributed by atoms with Gasteiger partial charge in [0.05, 0.1) is 0 Å². The number of hydrogen-bond acceptors (Lipinski definition) is 2. The average molecular weight is 435 g/mol. The molecule has 4 aromatic rings. The zero-order valence-corrected chi connectivity index (χ0v) is 18.5. The van der Waals surface area contributed by atoms with Crippen LogP contribution in [0.25, 0.3) is 22.3 Å². The highest BCUT2D eigenvalue weighted by Gasteiger charge is 2.12. The molecule has 0 unspecified atom stereocenters. The molecule has 0 saturated heterocycles. The molecule has 0 aliphatic carbocycles. The Morgan fingerprint density at radius 2 is 0.970 bits per heavy atom. The summed E-state index contributed by atoms with van der Waals surface area (Å²) < 4.78 is 0. The second kappa shape index (κ2) is 10.4. The van der Waals surface area contributed by atoms with Gasteiger partial charge in [0.15, 0.2) is 0 Å². The Hall–Kier alpha value is -4.18.